The van der Waals surface area contributed by atoms with Crippen molar-refractivity contribution in [3.63, 3.8) is 0 Å². The van der Waals surface area contributed by atoms with Crippen LogP contribution in [0.1, 0.15) is 10.4 Å². The number of hydrogen-bond donors (Lipinski definition) is 5. The van der Waals surface area contributed by atoms with Gasteiger partial charge in [-0.15, -0.1) is 0 Å². The van der Waals surface area contributed by atoms with Gasteiger partial charge in [-0.25, -0.2) is 4.79 Å². The van der Waals surface area contributed by atoms with E-state index in [0.717, 1.165) is 0 Å². The first kappa shape index (κ1) is 20.5. The Morgan fingerprint density at radius 2 is 1.64 bits per heavy atom. The zero-order valence-corrected chi connectivity index (χ0v) is 15.2. The summed E-state index contributed by atoms with van der Waals surface area (Å²) < 4.78 is 10.9. The summed E-state index contributed by atoms with van der Waals surface area (Å²) >= 11 is 6.15. The van der Waals surface area contributed by atoms with Crippen molar-refractivity contribution < 1.29 is 39.8 Å². The van der Waals surface area contributed by atoms with E-state index in [1.54, 1.807) is 30.3 Å². The molecule has 3 rings (SSSR count). The average molecular weight is 411 g/mol. The smallest absolute Gasteiger partial charge is 0.335 e. The van der Waals surface area contributed by atoms with E-state index in [9.17, 15) is 25.2 Å². The highest BCUT2D eigenvalue weighted by Gasteiger charge is 2.44. The molecule has 1 fully saturated rings. The molecule has 9 heteroatoms. The molecular formula is C19H19ClO8. The molecule has 2 unspecified atom stereocenters. The van der Waals surface area contributed by atoms with Crippen LogP contribution in [0.15, 0.2) is 42.5 Å². The summed E-state index contributed by atoms with van der Waals surface area (Å²) in [5, 5.41) is 48.3. The molecule has 28 heavy (non-hydrogen) atoms. The fraction of sp³-hybridized carbons (Fsp3) is 0.316. The molecule has 0 spiro atoms. The van der Waals surface area contributed by atoms with Gasteiger partial charge in [0.05, 0.1) is 17.2 Å². The normalized spacial score (nSPS) is 27.4. The number of halogens is 1. The molecule has 150 valence electrons. The standard InChI is InChI=1S/C19H19ClO8/c20-12-6-5-11(9-1-3-10(4-2-9)18(25)26)7-13(12)27-19-17(24)16(23)15(22)14(8-21)28-19/h1-7,14-17,19,21-24H,8H2,(H,25,26)/t14?,15-,16+,17?,19+/m1/s1. The van der Waals surface area contributed by atoms with Crippen LogP contribution in [-0.2, 0) is 4.74 Å². The number of carboxylic acid groups (broad SMARTS) is 1. The van der Waals surface area contributed by atoms with Crippen LogP contribution in [0.4, 0.5) is 0 Å². The molecule has 2 aromatic carbocycles. The lowest BCUT2D eigenvalue weighted by Crippen LogP contribution is -2.60. The second-order valence-electron chi connectivity index (χ2n) is 6.34. The van der Waals surface area contributed by atoms with Gasteiger partial charge in [-0.1, -0.05) is 29.8 Å². The lowest BCUT2D eigenvalue weighted by atomic mass is 9.99. The van der Waals surface area contributed by atoms with Crippen molar-refractivity contribution in [3.05, 3.63) is 53.1 Å². The summed E-state index contributed by atoms with van der Waals surface area (Å²) in [5.74, 6) is -0.889. The van der Waals surface area contributed by atoms with Crippen LogP contribution in [0.2, 0.25) is 5.02 Å². The van der Waals surface area contributed by atoms with Crippen LogP contribution in [0.25, 0.3) is 11.1 Å². The number of ether oxygens (including phenoxy) is 2. The maximum Gasteiger partial charge on any atom is 0.335 e. The summed E-state index contributed by atoms with van der Waals surface area (Å²) in [7, 11) is 0. The largest absolute Gasteiger partial charge is 0.478 e. The van der Waals surface area contributed by atoms with Crippen LogP contribution < -0.4 is 4.74 Å². The first-order valence-electron chi connectivity index (χ1n) is 8.42. The van der Waals surface area contributed by atoms with Gasteiger partial charge in [0.25, 0.3) is 0 Å². The van der Waals surface area contributed by atoms with E-state index < -0.39 is 43.3 Å². The maximum atomic E-state index is 11.0. The molecule has 8 nitrogen and oxygen atoms in total. The second kappa shape index (κ2) is 8.44. The van der Waals surface area contributed by atoms with Crippen LogP contribution >= 0.6 is 11.6 Å². The monoisotopic (exact) mass is 410 g/mol. The summed E-state index contributed by atoms with van der Waals surface area (Å²) in [6, 6.07) is 11.0. The molecule has 0 saturated carbocycles. The zero-order chi connectivity index (χ0) is 20.4. The van der Waals surface area contributed by atoms with Crippen LogP contribution in [0.5, 0.6) is 5.75 Å². The summed E-state index contributed by atoms with van der Waals surface area (Å²) in [6.07, 6.45) is -7.09. The van der Waals surface area contributed by atoms with Crippen molar-refractivity contribution in [3.8, 4) is 16.9 Å². The van der Waals surface area contributed by atoms with Crippen molar-refractivity contribution >= 4 is 17.6 Å². The number of aliphatic hydroxyl groups is 4. The number of benzene rings is 2. The predicted octanol–water partition coefficient (Wildman–Crippen LogP) is 0.884. The molecule has 0 bridgehead atoms. The Morgan fingerprint density at radius 3 is 2.25 bits per heavy atom. The van der Waals surface area contributed by atoms with E-state index in [1.807, 2.05) is 0 Å². The Morgan fingerprint density at radius 1 is 1.00 bits per heavy atom. The van der Waals surface area contributed by atoms with Crippen LogP contribution in [0, 0.1) is 0 Å². The molecule has 5 N–H and O–H groups in total. The van der Waals surface area contributed by atoms with Crippen LogP contribution in [-0.4, -0.2) is 68.8 Å². The predicted molar refractivity (Wildman–Crippen MR) is 98.2 cm³/mol. The van der Waals surface area contributed by atoms with E-state index in [1.165, 1.54) is 12.1 Å². The number of rotatable bonds is 5. The van der Waals surface area contributed by atoms with Gasteiger partial charge >= 0.3 is 5.97 Å². The van der Waals surface area contributed by atoms with E-state index in [2.05, 4.69) is 0 Å². The minimum Gasteiger partial charge on any atom is -0.478 e. The van der Waals surface area contributed by atoms with Gasteiger partial charge < -0.3 is 35.0 Å². The van der Waals surface area contributed by atoms with Crippen molar-refractivity contribution in [1.29, 1.82) is 0 Å². The first-order chi connectivity index (χ1) is 13.3. The third-order valence-corrected chi connectivity index (χ3v) is 4.80. The highest BCUT2D eigenvalue weighted by Crippen LogP contribution is 2.33. The second-order valence-corrected chi connectivity index (χ2v) is 6.75. The van der Waals surface area contributed by atoms with E-state index in [4.69, 9.17) is 26.2 Å². The lowest BCUT2D eigenvalue weighted by molar-refractivity contribution is -0.277. The highest BCUT2D eigenvalue weighted by molar-refractivity contribution is 6.32. The van der Waals surface area contributed by atoms with Crippen molar-refractivity contribution in [2.24, 2.45) is 0 Å². The third-order valence-electron chi connectivity index (χ3n) is 4.49. The van der Waals surface area contributed by atoms with Crippen molar-refractivity contribution in [1.82, 2.24) is 0 Å². The molecule has 5 atom stereocenters. The molecule has 0 aliphatic carbocycles. The van der Waals surface area contributed by atoms with Gasteiger partial charge in [0, 0.05) is 0 Å². The molecule has 0 radical (unpaired) electrons. The topological polar surface area (TPSA) is 137 Å². The van der Waals surface area contributed by atoms with E-state index in [0.29, 0.717) is 11.1 Å². The number of hydrogen-bond acceptors (Lipinski definition) is 7. The molecule has 1 aliphatic rings. The van der Waals surface area contributed by atoms with Gasteiger partial charge in [-0.2, -0.15) is 0 Å². The summed E-state index contributed by atoms with van der Waals surface area (Å²) in [4.78, 5) is 11.0. The van der Waals surface area contributed by atoms with Gasteiger partial charge in [0.1, 0.15) is 30.2 Å². The molecule has 0 aromatic heterocycles. The molecular weight excluding hydrogens is 392 g/mol. The Bertz CT molecular complexity index is 838. The molecule has 0 amide bonds. The zero-order valence-electron chi connectivity index (χ0n) is 14.5. The highest BCUT2D eigenvalue weighted by atomic mass is 35.5. The molecule has 1 aliphatic heterocycles. The number of carboxylic acids is 1. The Hall–Kier alpha value is -2.20. The molecule has 2 aromatic rings. The number of carbonyl (C=O) groups is 1. The van der Waals surface area contributed by atoms with Gasteiger partial charge in [-0.3, -0.25) is 0 Å². The number of aliphatic hydroxyl groups excluding tert-OH is 4. The lowest BCUT2D eigenvalue weighted by Gasteiger charge is -2.39. The Balaban J connectivity index is 1.84. The quantitative estimate of drug-likeness (QED) is 0.490. The Labute approximate surface area is 165 Å². The molecule has 1 heterocycles. The summed E-state index contributed by atoms with van der Waals surface area (Å²) in [6.45, 7) is -0.575. The van der Waals surface area contributed by atoms with Gasteiger partial charge in [0.15, 0.2) is 0 Å². The minimum absolute atomic E-state index is 0.144. The van der Waals surface area contributed by atoms with Crippen molar-refractivity contribution in [2.45, 2.75) is 30.7 Å². The summed E-state index contributed by atoms with van der Waals surface area (Å²) in [5.41, 5.74) is 1.52. The maximum absolute atomic E-state index is 11.0. The average Bonchev–Trinajstić information content (AvgIpc) is 2.70. The Kier molecular flexibility index (Phi) is 6.19. The molecule has 1 saturated heterocycles. The van der Waals surface area contributed by atoms with Crippen LogP contribution in [0.3, 0.4) is 0 Å². The SMILES string of the molecule is O=C(O)c1ccc(-c2ccc(Cl)c(O[C@H]3OC(CO)[C@@H](O)[C@H](O)C3O)c2)cc1. The minimum atomic E-state index is -1.57. The van der Waals surface area contributed by atoms with E-state index >= 15 is 0 Å². The number of aromatic carboxylic acids is 1. The fourth-order valence-corrected chi connectivity index (χ4v) is 3.03. The van der Waals surface area contributed by atoms with Gasteiger partial charge in [-0.05, 0) is 35.4 Å². The first-order valence-corrected chi connectivity index (χ1v) is 8.80. The van der Waals surface area contributed by atoms with Gasteiger partial charge in [0.2, 0.25) is 6.29 Å². The third kappa shape index (κ3) is 4.12. The fourth-order valence-electron chi connectivity index (χ4n) is 2.87. The van der Waals surface area contributed by atoms with Crippen molar-refractivity contribution in [2.75, 3.05) is 6.61 Å². The van der Waals surface area contributed by atoms with E-state index in [-0.39, 0.29) is 16.3 Å².